The molecule has 8 heteroatoms. The molecule has 0 radical (unpaired) electrons. The first-order chi connectivity index (χ1) is 11.3. The molecule has 2 unspecified atom stereocenters. The van der Waals surface area contributed by atoms with Gasteiger partial charge in [-0.15, -0.1) is 0 Å². The lowest BCUT2D eigenvalue weighted by molar-refractivity contribution is -0.117. The number of benzene rings is 1. The Hall–Kier alpha value is -1.05. The third-order valence-electron chi connectivity index (χ3n) is 4.18. The van der Waals surface area contributed by atoms with E-state index >= 15 is 0 Å². The molecule has 0 N–H and O–H groups in total. The fourth-order valence-corrected chi connectivity index (χ4v) is 7.16. The second-order valence-electron chi connectivity index (χ2n) is 6.14. The van der Waals surface area contributed by atoms with Crippen molar-refractivity contribution in [3.63, 3.8) is 0 Å². The molecule has 0 saturated carbocycles. The van der Waals surface area contributed by atoms with Gasteiger partial charge in [0.05, 0.1) is 17.5 Å². The molecule has 5 nitrogen and oxygen atoms in total. The Morgan fingerprint density at radius 1 is 1.42 bits per heavy atom. The number of anilines is 1. The highest BCUT2D eigenvalue weighted by molar-refractivity contribution is 8.16. The number of sulfone groups is 1. The van der Waals surface area contributed by atoms with Crippen LogP contribution in [0.4, 0.5) is 5.69 Å². The van der Waals surface area contributed by atoms with Gasteiger partial charge in [-0.1, -0.05) is 36.4 Å². The number of hydrogen-bond acceptors (Lipinski definition) is 4. The van der Waals surface area contributed by atoms with Crippen molar-refractivity contribution in [3.05, 3.63) is 28.8 Å². The number of fused-ring (bicyclic) bond motifs is 1. The maximum absolute atomic E-state index is 12.0. The summed E-state index contributed by atoms with van der Waals surface area (Å²) in [4.78, 5) is 18.2. The quantitative estimate of drug-likeness (QED) is 0.798. The molecule has 1 aromatic rings. The van der Waals surface area contributed by atoms with Crippen molar-refractivity contribution >= 4 is 50.0 Å². The van der Waals surface area contributed by atoms with Crippen LogP contribution in [-0.4, -0.2) is 42.3 Å². The smallest absolute Gasteiger partial charge is 0.248 e. The van der Waals surface area contributed by atoms with E-state index in [1.54, 1.807) is 6.07 Å². The summed E-state index contributed by atoms with van der Waals surface area (Å²) in [5, 5.41) is 1.06. The maximum atomic E-state index is 12.0. The van der Waals surface area contributed by atoms with Crippen LogP contribution in [0.2, 0.25) is 5.02 Å². The van der Waals surface area contributed by atoms with Crippen molar-refractivity contribution in [2.75, 3.05) is 16.4 Å². The topological polar surface area (TPSA) is 66.8 Å². The number of nitrogens with zero attached hydrogens (tertiary/aromatic N) is 2. The van der Waals surface area contributed by atoms with E-state index < -0.39 is 9.84 Å². The number of carbonyl (C=O) groups excluding carboxylic acids is 1. The Balaban J connectivity index is 2.04. The third kappa shape index (κ3) is 3.48. The van der Waals surface area contributed by atoms with Crippen molar-refractivity contribution in [1.82, 2.24) is 0 Å². The number of aliphatic imine (C=N–C) groups is 1. The molecule has 2 fully saturated rings. The van der Waals surface area contributed by atoms with Gasteiger partial charge in [-0.25, -0.2) is 8.42 Å². The molecular formula is C16H19ClN2O3S2. The number of aryl methyl sites for hydroxylation is 1. The van der Waals surface area contributed by atoms with Crippen molar-refractivity contribution in [3.8, 4) is 0 Å². The predicted molar refractivity (Wildman–Crippen MR) is 99.8 cm³/mol. The van der Waals surface area contributed by atoms with E-state index in [1.807, 2.05) is 30.9 Å². The number of rotatable bonds is 3. The number of amidine groups is 1. The van der Waals surface area contributed by atoms with E-state index in [4.69, 9.17) is 11.6 Å². The van der Waals surface area contributed by atoms with Crippen LogP contribution in [0.25, 0.3) is 0 Å². The number of halogens is 1. The molecule has 2 aliphatic rings. The van der Waals surface area contributed by atoms with Gasteiger partial charge >= 0.3 is 0 Å². The Morgan fingerprint density at radius 3 is 2.88 bits per heavy atom. The largest absolute Gasteiger partial charge is 0.315 e. The second-order valence-corrected chi connectivity index (χ2v) is 9.94. The monoisotopic (exact) mass is 386 g/mol. The van der Waals surface area contributed by atoms with E-state index in [-0.39, 0.29) is 28.7 Å². The minimum absolute atomic E-state index is 0.0810. The molecule has 0 spiro atoms. The first-order valence-electron chi connectivity index (χ1n) is 7.84. The predicted octanol–water partition coefficient (Wildman–Crippen LogP) is 3.05. The molecule has 3 rings (SSSR count). The third-order valence-corrected chi connectivity index (χ3v) is 7.63. The summed E-state index contributed by atoms with van der Waals surface area (Å²) >= 11 is 7.53. The van der Waals surface area contributed by atoms with Crippen LogP contribution < -0.4 is 4.90 Å². The van der Waals surface area contributed by atoms with Gasteiger partial charge in [-0.2, -0.15) is 4.99 Å². The zero-order valence-corrected chi connectivity index (χ0v) is 15.9. The number of amides is 1. The van der Waals surface area contributed by atoms with Crippen molar-refractivity contribution in [2.24, 2.45) is 4.99 Å². The number of thioether (sulfide) groups is 1. The number of hydrogen-bond donors (Lipinski definition) is 0. The standard InChI is InChI=1S/C16H19ClN2O3S2/c1-3-4-15(20)18-16-19(12-7-11(17)6-5-10(12)2)13-8-24(21,22)9-14(13)23-16/h5-7,13-14H,3-4,8-9H2,1-2H3. The van der Waals surface area contributed by atoms with Crippen LogP contribution >= 0.6 is 23.4 Å². The van der Waals surface area contributed by atoms with Gasteiger partial charge in [0.25, 0.3) is 0 Å². The Morgan fingerprint density at radius 2 is 2.17 bits per heavy atom. The second kappa shape index (κ2) is 6.69. The molecule has 130 valence electrons. The zero-order chi connectivity index (χ0) is 17.5. The van der Waals surface area contributed by atoms with Crippen LogP contribution in [0.1, 0.15) is 25.3 Å². The fourth-order valence-electron chi connectivity index (χ4n) is 3.06. The molecule has 24 heavy (non-hydrogen) atoms. The van der Waals surface area contributed by atoms with Crippen molar-refractivity contribution < 1.29 is 13.2 Å². The Bertz CT molecular complexity index is 808. The summed E-state index contributed by atoms with van der Waals surface area (Å²) < 4.78 is 24.1. The van der Waals surface area contributed by atoms with Gasteiger partial charge < -0.3 is 4.90 Å². The van der Waals surface area contributed by atoms with Gasteiger partial charge in [0, 0.05) is 22.4 Å². The summed E-state index contributed by atoms with van der Waals surface area (Å²) in [7, 11) is -3.07. The van der Waals surface area contributed by atoms with Crippen LogP contribution in [0.5, 0.6) is 0 Å². The normalized spacial score (nSPS) is 26.8. The van der Waals surface area contributed by atoms with E-state index in [2.05, 4.69) is 4.99 Å². The average Bonchev–Trinajstić information content (AvgIpc) is 2.93. The SMILES string of the molecule is CCCC(=O)N=C1SC2CS(=O)(=O)CC2N1c1cc(Cl)ccc1C. The zero-order valence-electron chi connectivity index (χ0n) is 13.5. The van der Waals surface area contributed by atoms with Gasteiger partial charge in [0.15, 0.2) is 15.0 Å². The summed E-state index contributed by atoms with van der Waals surface area (Å²) in [5.74, 6) is 0.0318. The molecule has 2 heterocycles. The molecule has 1 aromatic carbocycles. The molecule has 2 aliphatic heterocycles. The van der Waals surface area contributed by atoms with Gasteiger partial charge in [-0.05, 0) is 31.0 Å². The number of carbonyl (C=O) groups is 1. The first-order valence-corrected chi connectivity index (χ1v) is 10.9. The lowest BCUT2D eigenvalue weighted by atomic mass is 10.1. The van der Waals surface area contributed by atoms with Crippen LogP contribution in [0, 0.1) is 6.92 Å². The average molecular weight is 387 g/mol. The van der Waals surface area contributed by atoms with Gasteiger partial charge in [-0.3, -0.25) is 4.79 Å². The summed E-state index contributed by atoms with van der Waals surface area (Å²) in [6.45, 7) is 3.87. The minimum atomic E-state index is -3.07. The van der Waals surface area contributed by atoms with Gasteiger partial charge in [0.1, 0.15) is 0 Å². The Labute approximate surface area is 151 Å². The molecule has 0 aromatic heterocycles. The minimum Gasteiger partial charge on any atom is -0.315 e. The highest BCUT2D eigenvalue weighted by Gasteiger charge is 2.49. The van der Waals surface area contributed by atoms with E-state index in [0.717, 1.165) is 17.7 Å². The van der Waals surface area contributed by atoms with E-state index in [9.17, 15) is 13.2 Å². The molecule has 1 amide bonds. The van der Waals surface area contributed by atoms with E-state index in [1.165, 1.54) is 11.8 Å². The van der Waals surface area contributed by atoms with Crippen LogP contribution in [0.15, 0.2) is 23.2 Å². The fraction of sp³-hybridized carbons (Fsp3) is 0.500. The molecule has 0 aliphatic carbocycles. The first kappa shape index (κ1) is 17.8. The van der Waals surface area contributed by atoms with Crippen LogP contribution in [-0.2, 0) is 14.6 Å². The van der Waals surface area contributed by atoms with Crippen LogP contribution in [0.3, 0.4) is 0 Å². The van der Waals surface area contributed by atoms with E-state index in [0.29, 0.717) is 16.6 Å². The highest BCUT2D eigenvalue weighted by atomic mass is 35.5. The summed E-state index contributed by atoms with van der Waals surface area (Å²) in [6, 6.07) is 5.30. The Kier molecular flexibility index (Phi) is 4.95. The lowest BCUT2D eigenvalue weighted by Gasteiger charge is -2.26. The summed E-state index contributed by atoms with van der Waals surface area (Å²) in [5.41, 5.74) is 1.79. The molecule has 0 bridgehead atoms. The maximum Gasteiger partial charge on any atom is 0.248 e. The summed E-state index contributed by atoms with van der Waals surface area (Å²) in [6.07, 6.45) is 1.12. The van der Waals surface area contributed by atoms with Gasteiger partial charge in [0.2, 0.25) is 5.91 Å². The van der Waals surface area contributed by atoms with Crippen molar-refractivity contribution in [1.29, 1.82) is 0 Å². The molecule has 2 atom stereocenters. The molecule has 2 saturated heterocycles. The molecular weight excluding hydrogens is 368 g/mol. The van der Waals surface area contributed by atoms with Crippen molar-refractivity contribution in [2.45, 2.75) is 38.0 Å². The highest BCUT2D eigenvalue weighted by Crippen LogP contribution is 2.42. The lowest BCUT2D eigenvalue weighted by Crippen LogP contribution is -2.38.